The first-order chi connectivity index (χ1) is 14.0. The summed E-state index contributed by atoms with van der Waals surface area (Å²) in [6.45, 7) is -0.476. The summed E-state index contributed by atoms with van der Waals surface area (Å²) in [6.07, 6.45) is -1.14. The van der Waals surface area contributed by atoms with E-state index in [4.69, 9.17) is 23.2 Å². The van der Waals surface area contributed by atoms with E-state index < -0.39 is 29.5 Å². The normalized spacial score (nSPS) is 13.7. The van der Waals surface area contributed by atoms with E-state index in [-0.39, 0.29) is 0 Å². The lowest BCUT2D eigenvalue weighted by atomic mass is 10.0. The van der Waals surface area contributed by atoms with Crippen LogP contribution >= 0.6 is 23.2 Å². The lowest BCUT2D eigenvalue weighted by Gasteiger charge is -2.22. The Labute approximate surface area is 177 Å². The zero-order chi connectivity index (χ0) is 20.8. The number of alkyl halides is 2. The summed E-state index contributed by atoms with van der Waals surface area (Å²) in [5.74, 6) is -0.688. The molecule has 2 unspecified atom stereocenters. The summed E-state index contributed by atoms with van der Waals surface area (Å²) in [4.78, 5) is 10.3. The zero-order valence-electron chi connectivity index (χ0n) is 15.2. The molecule has 0 saturated carbocycles. The van der Waals surface area contributed by atoms with Crippen molar-refractivity contribution in [3.63, 3.8) is 0 Å². The van der Waals surface area contributed by atoms with Gasteiger partial charge in [-0.3, -0.25) is 4.79 Å². The van der Waals surface area contributed by atoms with Crippen LogP contribution in [0.2, 0.25) is 0 Å². The van der Waals surface area contributed by atoms with Crippen LogP contribution in [-0.4, -0.2) is 33.6 Å². The first-order valence-corrected chi connectivity index (χ1v) is 9.74. The minimum Gasteiger partial charge on any atom is -0.394 e. The molecule has 8 heteroatoms. The van der Waals surface area contributed by atoms with Crippen molar-refractivity contribution >= 4 is 51.3 Å². The fourth-order valence-electron chi connectivity index (χ4n) is 2.85. The Kier molecular flexibility index (Phi) is 7.17. The highest BCUT2D eigenvalue weighted by molar-refractivity contribution is 6.53. The number of amides is 1. The first kappa shape index (κ1) is 21.2. The van der Waals surface area contributed by atoms with Crippen LogP contribution in [-0.2, 0) is 4.79 Å². The van der Waals surface area contributed by atoms with Gasteiger partial charge in [-0.1, -0.05) is 71.7 Å². The predicted octanol–water partition coefficient (Wildman–Crippen LogP) is 4.57. The Morgan fingerprint density at radius 3 is 2.34 bits per heavy atom. The van der Waals surface area contributed by atoms with Gasteiger partial charge >= 0.3 is 0 Å². The number of benzene rings is 3. The number of hydrogen-bond donors (Lipinski definition) is 3. The van der Waals surface area contributed by atoms with Gasteiger partial charge in [0.25, 0.3) is 5.91 Å². The summed E-state index contributed by atoms with van der Waals surface area (Å²) in [6, 6.07) is 19.5. The molecule has 3 rings (SSSR count). The number of carbonyl (C=O) groups excluding carboxylic acids is 1. The van der Waals surface area contributed by atoms with Crippen LogP contribution in [0.25, 0.3) is 10.8 Å². The van der Waals surface area contributed by atoms with Crippen molar-refractivity contribution in [1.29, 1.82) is 0 Å². The Hall–Kier alpha value is -2.51. The SMILES string of the molecule is O=C(NC(CO)C(O)c1ccc(N=Nc2cccc3ccccc23)cc1)C(Cl)Cl. The van der Waals surface area contributed by atoms with E-state index >= 15 is 0 Å². The molecule has 2 atom stereocenters. The molecular weight excluding hydrogens is 413 g/mol. The Bertz CT molecular complexity index is 1000. The van der Waals surface area contributed by atoms with Crippen LogP contribution in [0.4, 0.5) is 11.4 Å². The average Bonchev–Trinajstić information content (AvgIpc) is 2.75. The molecule has 0 aromatic heterocycles. The molecule has 6 nitrogen and oxygen atoms in total. The van der Waals surface area contributed by atoms with E-state index in [0.717, 1.165) is 16.5 Å². The predicted molar refractivity (Wildman–Crippen MR) is 114 cm³/mol. The molecule has 0 radical (unpaired) electrons. The second kappa shape index (κ2) is 9.80. The summed E-state index contributed by atoms with van der Waals surface area (Å²) in [5, 5.41) is 32.9. The van der Waals surface area contributed by atoms with E-state index in [2.05, 4.69) is 15.5 Å². The topological polar surface area (TPSA) is 94.3 Å². The standard InChI is InChI=1S/C21H19Cl2N3O3/c22-20(23)21(29)24-18(12-27)19(28)14-8-10-15(11-9-14)25-26-17-7-3-5-13-4-1-2-6-16(13)17/h1-11,18-20,27-28H,12H2,(H,24,29). The van der Waals surface area contributed by atoms with E-state index in [1.165, 1.54) is 0 Å². The van der Waals surface area contributed by atoms with Crippen molar-refractivity contribution in [2.75, 3.05) is 6.61 Å². The quantitative estimate of drug-likeness (QED) is 0.377. The van der Waals surface area contributed by atoms with Crippen LogP contribution in [0.1, 0.15) is 11.7 Å². The molecule has 0 spiro atoms. The first-order valence-electron chi connectivity index (χ1n) is 8.86. The number of azo groups is 1. The molecule has 0 heterocycles. The molecule has 0 aliphatic heterocycles. The van der Waals surface area contributed by atoms with Crippen molar-refractivity contribution in [3.05, 3.63) is 72.3 Å². The minimum atomic E-state index is -1.28. The Morgan fingerprint density at radius 2 is 1.66 bits per heavy atom. The smallest absolute Gasteiger partial charge is 0.253 e. The Morgan fingerprint density at radius 1 is 0.966 bits per heavy atom. The number of nitrogens with one attached hydrogen (secondary N) is 1. The molecule has 3 aromatic rings. The van der Waals surface area contributed by atoms with Crippen molar-refractivity contribution in [2.45, 2.75) is 17.0 Å². The molecule has 3 aromatic carbocycles. The third-order valence-electron chi connectivity index (χ3n) is 4.38. The highest BCUT2D eigenvalue weighted by Crippen LogP contribution is 2.28. The number of fused-ring (bicyclic) bond motifs is 1. The number of hydrogen-bond acceptors (Lipinski definition) is 5. The minimum absolute atomic E-state index is 0.476. The summed E-state index contributed by atoms with van der Waals surface area (Å²) in [7, 11) is 0. The summed E-state index contributed by atoms with van der Waals surface area (Å²) < 4.78 is 0. The maximum absolute atomic E-state index is 11.6. The van der Waals surface area contributed by atoms with Gasteiger partial charge in [0.15, 0.2) is 4.84 Å². The maximum Gasteiger partial charge on any atom is 0.253 e. The van der Waals surface area contributed by atoms with Gasteiger partial charge < -0.3 is 15.5 Å². The van der Waals surface area contributed by atoms with E-state index in [1.807, 2.05) is 42.5 Å². The summed E-state index contributed by atoms with van der Waals surface area (Å²) >= 11 is 11.0. The second-order valence-corrected chi connectivity index (χ2v) is 7.43. The van der Waals surface area contributed by atoms with E-state index in [9.17, 15) is 15.0 Å². The van der Waals surface area contributed by atoms with Gasteiger partial charge in [0.05, 0.1) is 24.0 Å². The average molecular weight is 432 g/mol. The van der Waals surface area contributed by atoms with Crippen LogP contribution in [0.15, 0.2) is 77.0 Å². The fourth-order valence-corrected chi connectivity index (χ4v) is 2.97. The van der Waals surface area contributed by atoms with Crippen molar-refractivity contribution in [3.8, 4) is 0 Å². The van der Waals surface area contributed by atoms with Crippen LogP contribution in [0.5, 0.6) is 0 Å². The monoisotopic (exact) mass is 431 g/mol. The number of halogens is 2. The van der Waals surface area contributed by atoms with Gasteiger partial charge in [0, 0.05) is 5.39 Å². The zero-order valence-corrected chi connectivity index (χ0v) is 16.8. The highest BCUT2D eigenvalue weighted by Gasteiger charge is 2.24. The van der Waals surface area contributed by atoms with Crippen molar-refractivity contribution in [2.24, 2.45) is 10.2 Å². The lowest BCUT2D eigenvalue weighted by Crippen LogP contribution is -2.44. The molecule has 0 aliphatic carbocycles. The second-order valence-electron chi connectivity index (χ2n) is 6.33. The van der Waals surface area contributed by atoms with E-state index in [0.29, 0.717) is 11.3 Å². The van der Waals surface area contributed by atoms with Gasteiger partial charge in [0.2, 0.25) is 0 Å². The van der Waals surface area contributed by atoms with Crippen LogP contribution in [0, 0.1) is 0 Å². The molecule has 0 saturated heterocycles. The maximum atomic E-state index is 11.6. The Balaban J connectivity index is 1.74. The third-order valence-corrected chi connectivity index (χ3v) is 4.77. The van der Waals surface area contributed by atoms with Gasteiger partial charge in [0.1, 0.15) is 6.10 Å². The number of nitrogens with zero attached hydrogens (tertiary/aromatic N) is 2. The van der Waals surface area contributed by atoms with E-state index in [1.54, 1.807) is 24.3 Å². The number of rotatable bonds is 7. The van der Waals surface area contributed by atoms with Gasteiger partial charge in [-0.15, -0.1) is 5.11 Å². The fraction of sp³-hybridized carbons (Fsp3) is 0.190. The van der Waals surface area contributed by atoms with Gasteiger partial charge in [-0.25, -0.2) is 0 Å². The number of aliphatic hydroxyl groups excluding tert-OH is 2. The molecule has 0 aliphatic rings. The van der Waals surface area contributed by atoms with Crippen molar-refractivity contribution < 1.29 is 15.0 Å². The molecule has 0 fully saturated rings. The summed E-state index contributed by atoms with van der Waals surface area (Å²) in [5.41, 5.74) is 1.85. The van der Waals surface area contributed by atoms with Crippen LogP contribution < -0.4 is 5.32 Å². The molecule has 150 valence electrons. The molecule has 3 N–H and O–H groups in total. The number of aliphatic hydroxyl groups is 2. The van der Waals surface area contributed by atoms with Gasteiger partial charge in [-0.2, -0.15) is 5.11 Å². The molecule has 1 amide bonds. The molecule has 0 bridgehead atoms. The number of carbonyl (C=O) groups is 1. The largest absolute Gasteiger partial charge is 0.394 e. The van der Waals surface area contributed by atoms with Crippen molar-refractivity contribution in [1.82, 2.24) is 5.32 Å². The molecule has 29 heavy (non-hydrogen) atoms. The highest BCUT2D eigenvalue weighted by atomic mass is 35.5. The third kappa shape index (κ3) is 5.31. The van der Waals surface area contributed by atoms with Gasteiger partial charge in [-0.05, 0) is 29.1 Å². The lowest BCUT2D eigenvalue weighted by molar-refractivity contribution is -0.121. The molecular formula is C21H19Cl2N3O3. The van der Waals surface area contributed by atoms with Crippen LogP contribution in [0.3, 0.4) is 0 Å².